The Morgan fingerprint density at radius 3 is 2.52 bits per heavy atom. The lowest BCUT2D eigenvalue weighted by Crippen LogP contribution is -2.12. The standard InChI is InChI=1S/C20H15ClFNOS/c21-16-10-8-15(9-11-16)20(24)23-18-6-1-2-7-19(18)25-13-14-4-3-5-17(22)12-14/h1-12H,13H2,(H,23,24). The van der Waals surface area contributed by atoms with Crippen LogP contribution in [0, 0.1) is 5.82 Å². The second-order valence-electron chi connectivity index (χ2n) is 5.38. The molecule has 0 heterocycles. The molecule has 0 aliphatic carbocycles. The minimum absolute atomic E-state index is 0.199. The number of amides is 1. The normalized spacial score (nSPS) is 10.5. The Morgan fingerprint density at radius 2 is 1.76 bits per heavy atom. The first-order valence-corrected chi connectivity index (χ1v) is 9.01. The van der Waals surface area contributed by atoms with E-state index in [1.54, 1.807) is 42.1 Å². The molecule has 126 valence electrons. The highest BCUT2D eigenvalue weighted by Crippen LogP contribution is 2.30. The molecule has 0 aliphatic rings. The third-order valence-corrected chi connectivity index (χ3v) is 4.92. The zero-order valence-electron chi connectivity index (χ0n) is 13.2. The monoisotopic (exact) mass is 371 g/mol. The van der Waals surface area contributed by atoms with Crippen molar-refractivity contribution in [3.05, 3.63) is 94.8 Å². The quantitative estimate of drug-likeness (QED) is 0.555. The molecular formula is C20H15ClFNOS. The number of para-hydroxylation sites is 1. The van der Waals surface area contributed by atoms with Crippen molar-refractivity contribution in [2.45, 2.75) is 10.6 Å². The van der Waals surface area contributed by atoms with Gasteiger partial charge in [0.1, 0.15) is 5.82 Å². The van der Waals surface area contributed by atoms with Gasteiger partial charge in [-0.15, -0.1) is 11.8 Å². The van der Waals surface area contributed by atoms with Crippen molar-refractivity contribution < 1.29 is 9.18 Å². The van der Waals surface area contributed by atoms with Crippen molar-refractivity contribution in [2.24, 2.45) is 0 Å². The Bertz CT molecular complexity index is 883. The molecular weight excluding hydrogens is 357 g/mol. The van der Waals surface area contributed by atoms with Crippen molar-refractivity contribution in [3.63, 3.8) is 0 Å². The van der Waals surface area contributed by atoms with Crippen molar-refractivity contribution in [1.29, 1.82) is 0 Å². The SMILES string of the molecule is O=C(Nc1ccccc1SCc1cccc(F)c1)c1ccc(Cl)cc1. The Balaban J connectivity index is 1.72. The number of thioether (sulfide) groups is 1. The van der Waals surface area contributed by atoms with Gasteiger partial charge in [-0.2, -0.15) is 0 Å². The molecule has 0 saturated carbocycles. The van der Waals surface area contributed by atoms with Gasteiger partial charge >= 0.3 is 0 Å². The number of nitrogens with one attached hydrogen (secondary N) is 1. The molecule has 0 spiro atoms. The maximum absolute atomic E-state index is 13.3. The van der Waals surface area contributed by atoms with E-state index >= 15 is 0 Å². The van der Waals surface area contributed by atoms with Gasteiger partial charge in [-0.05, 0) is 54.1 Å². The van der Waals surface area contributed by atoms with Crippen LogP contribution in [0.3, 0.4) is 0 Å². The van der Waals surface area contributed by atoms with Gasteiger partial charge < -0.3 is 5.32 Å². The number of benzene rings is 3. The molecule has 0 atom stereocenters. The molecule has 0 aromatic heterocycles. The van der Waals surface area contributed by atoms with Crippen molar-refractivity contribution in [2.75, 3.05) is 5.32 Å². The highest BCUT2D eigenvalue weighted by Gasteiger charge is 2.09. The summed E-state index contributed by atoms with van der Waals surface area (Å²) >= 11 is 7.40. The predicted octanol–water partition coefficient (Wildman–Crippen LogP) is 6.02. The first-order chi connectivity index (χ1) is 12.1. The van der Waals surface area contributed by atoms with Crippen LogP contribution in [0.25, 0.3) is 0 Å². The summed E-state index contributed by atoms with van der Waals surface area (Å²) in [5.41, 5.74) is 2.15. The van der Waals surface area contributed by atoms with E-state index in [1.807, 2.05) is 30.3 Å². The number of halogens is 2. The van der Waals surface area contributed by atoms with Crippen LogP contribution in [-0.4, -0.2) is 5.91 Å². The van der Waals surface area contributed by atoms with E-state index in [4.69, 9.17) is 11.6 Å². The molecule has 0 saturated heterocycles. The second-order valence-corrected chi connectivity index (χ2v) is 6.83. The number of carbonyl (C=O) groups excluding carboxylic acids is 1. The average Bonchev–Trinajstić information content (AvgIpc) is 2.61. The third-order valence-electron chi connectivity index (χ3n) is 3.53. The molecule has 3 aromatic rings. The van der Waals surface area contributed by atoms with E-state index in [0.29, 0.717) is 16.3 Å². The largest absolute Gasteiger partial charge is 0.321 e. The molecule has 3 rings (SSSR count). The Labute approximate surface area is 155 Å². The van der Waals surface area contributed by atoms with E-state index < -0.39 is 0 Å². The van der Waals surface area contributed by atoms with Gasteiger partial charge in [0.25, 0.3) is 5.91 Å². The molecule has 1 amide bonds. The molecule has 0 radical (unpaired) electrons. The Morgan fingerprint density at radius 1 is 1.00 bits per heavy atom. The number of carbonyl (C=O) groups is 1. The average molecular weight is 372 g/mol. The molecule has 1 N–H and O–H groups in total. The summed E-state index contributed by atoms with van der Waals surface area (Å²) in [4.78, 5) is 13.3. The highest BCUT2D eigenvalue weighted by molar-refractivity contribution is 7.98. The number of anilines is 1. The van der Waals surface area contributed by atoms with E-state index in [0.717, 1.165) is 16.1 Å². The molecule has 0 unspecified atom stereocenters. The zero-order chi connectivity index (χ0) is 17.6. The minimum atomic E-state index is -0.248. The van der Waals surface area contributed by atoms with E-state index in [2.05, 4.69) is 5.32 Å². The first kappa shape index (κ1) is 17.5. The number of hydrogen-bond donors (Lipinski definition) is 1. The smallest absolute Gasteiger partial charge is 0.255 e. The maximum Gasteiger partial charge on any atom is 0.255 e. The van der Waals surface area contributed by atoms with Crippen LogP contribution < -0.4 is 5.32 Å². The van der Waals surface area contributed by atoms with Gasteiger partial charge in [0.2, 0.25) is 0 Å². The van der Waals surface area contributed by atoms with Crippen LogP contribution in [0.4, 0.5) is 10.1 Å². The second kappa shape index (κ2) is 8.19. The van der Waals surface area contributed by atoms with Crippen LogP contribution in [0.15, 0.2) is 77.7 Å². The summed E-state index contributed by atoms with van der Waals surface area (Å²) in [5.74, 6) is 0.170. The predicted molar refractivity (Wildman–Crippen MR) is 102 cm³/mol. The van der Waals surface area contributed by atoms with Gasteiger partial charge in [0.15, 0.2) is 0 Å². The lowest BCUT2D eigenvalue weighted by Gasteiger charge is -2.11. The first-order valence-electron chi connectivity index (χ1n) is 7.65. The topological polar surface area (TPSA) is 29.1 Å². The van der Waals surface area contributed by atoms with Crippen molar-refractivity contribution in [1.82, 2.24) is 0 Å². The van der Waals surface area contributed by atoms with Gasteiger partial charge in [-0.1, -0.05) is 35.9 Å². The van der Waals surface area contributed by atoms with Gasteiger partial charge in [-0.25, -0.2) is 4.39 Å². The van der Waals surface area contributed by atoms with E-state index in [-0.39, 0.29) is 11.7 Å². The maximum atomic E-state index is 13.3. The van der Waals surface area contributed by atoms with E-state index in [1.165, 1.54) is 12.1 Å². The number of rotatable bonds is 5. The highest BCUT2D eigenvalue weighted by atomic mass is 35.5. The summed E-state index contributed by atoms with van der Waals surface area (Å²) < 4.78 is 13.3. The fourth-order valence-corrected chi connectivity index (χ4v) is 3.36. The van der Waals surface area contributed by atoms with Gasteiger partial charge in [0.05, 0.1) is 5.69 Å². The third kappa shape index (κ3) is 4.84. The molecule has 0 aliphatic heterocycles. The fourth-order valence-electron chi connectivity index (χ4n) is 2.28. The molecule has 2 nitrogen and oxygen atoms in total. The van der Waals surface area contributed by atoms with Crippen molar-refractivity contribution in [3.8, 4) is 0 Å². The lowest BCUT2D eigenvalue weighted by atomic mass is 10.2. The Kier molecular flexibility index (Phi) is 5.74. The Hall–Kier alpha value is -2.30. The van der Waals surface area contributed by atoms with Crippen molar-refractivity contribution >= 4 is 35.0 Å². The van der Waals surface area contributed by atoms with Crippen LogP contribution >= 0.6 is 23.4 Å². The van der Waals surface area contributed by atoms with E-state index in [9.17, 15) is 9.18 Å². The summed E-state index contributed by atoms with van der Waals surface area (Å²) in [6.07, 6.45) is 0. The molecule has 25 heavy (non-hydrogen) atoms. The van der Waals surface area contributed by atoms with Gasteiger partial charge in [-0.3, -0.25) is 4.79 Å². The summed E-state index contributed by atoms with van der Waals surface area (Å²) in [6.45, 7) is 0. The zero-order valence-corrected chi connectivity index (χ0v) is 14.8. The fraction of sp³-hybridized carbons (Fsp3) is 0.0500. The minimum Gasteiger partial charge on any atom is -0.321 e. The van der Waals surface area contributed by atoms with Crippen LogP contribution in [0.1, 0.15) is 15.9 Å². The summed E-state index contributed by atoms with van der Waals surface area (Å²) in [7, 11) is 0. The van der Waals surface area contributed by atoms with Crippen LogP contribution in [-0.2, 0) is 5.75 Å². The van der Waals surface area contributed by atoms with Crippen LogP contribution in [0.2, 0.25) is 5.02 Å². The van der Waals surface area contributed by atoms with Crippen LogP contribution in [0.5, 0.6) is 0 Å². The molecule has 0 fully saturated rings. The summed E-state index contributed by atoms with van der Waals surface area (Å²) in [5, 5.41) is 3.50. The number of hydrogen-bond acceptors (Lipinski definition) is 2. The summed E-state index contributed by atoms with van der Waals surface area (Å²) in [6, 6.07) is 20.8. The molecule has 0 bridgehead atoms. The van der Waals surface area contributed by atoms with Gasteiger partial charge in [0, 0.05) is 21.2 Å². The molecule has 3 aromatic carbocycles. The molecule has 5 heteroatoms. The lowest BCUT2D eigenvalue weighted by molar-refractivity contribution is 0.102.